The Hall–Kier alpha value is -3.29. The lowest BCUT2D eigenvalue weighted by atomic mass is 10.1. The first-order chi connectivity index (χ1) is 19.0. The smallest absolute Gasteiger partial charge is 0.490 e. The zero-order valence-corrected chi connectivity index (χ0v) is 22.0. The van der Waals surface area contributed by atoms with Crippen molar-refractivity contribution in [1.29, 1.82) is 0 Å². The minimum atomic E-state index is -5.08. The predicted octanol–water partition coefficient (Wildman–Crippen LogP) is -0.944. The lowest BCUT2D eigenvalue weighted by Gasteiger charge is -2.19. The van der Waals surface area contributed by atoms with Crippen LogP contribution in [0.15, 0.2) is 35.4 Å². The van der Waals surface area contributed by atoms with E-state index in [0.717, 1.165) is 0 Å². The van der Waals surface area contributed by atoms with Gasteiger partial charge in [0, 0.05) is 5.02 Å². The Balaban J connectivity index is 0.000000587. The number of aliphatic hydroxyl groups is 2. The van der Waals surface area contributed by atoms with Gasteiger partial charge in [-0.25, -0.2) is 9.36 Å². The number of hydrogen-bond acceptors (Lipinski definition) is 11. The van der Waals surface area contributed by atoms with E-state index in [4.69, 9.17) is 41.6 Å². The molecule has 3 heterocycles. The molecule has 0 saturated carbocycles. The number of hydrogen-bond donors (Lipinski definition) is 6. The number of aliphatic carboxylic acids is 1. The van der Waals surface area contributed by atoms with Crippen molar-refractivity contribution in [2.24, 2.45) is 0 Å². The summed E-state index contributed by atoms with van der Waals surface area (Å²) in [7, 11) is -5.07. The summed E-state index contributed by atoms with van der Waals surface area (Å²) in [6.45, 7) is -0.406. The third kappa shape index (κ3) is 8.37. The molecule has 5 atom stereocenters. The SMILES string of the molecule is Nc1nc2c(c(=O)[nH]1)n(CCOc1ccc(Cl)cc1)c[n+]2[C@@H]1O[C@H](COP(=O)([O-])O)[C@@H](O)[C@H]1O.O=C(O)C(F)(F)F. The number of carboxylic acid groups (broad SMARTS) is 1. The van der Waals surface area contributed by atoms with Crippen LogP contribution in [0.5, 0.6) is 5.75 Å². The Morgan fingerprint density at radius 3 is 2.46 bits per heavy atom. The number of fused-ring (bicyclic) bond motifs is 1. The van der Waals surface area contributed by atoms with Crippen molar-refractivity contribution >= 4 is 42.5 Å². The third-order valence-corrected chi connectivity index (χ3v) is 6.09. The van der Waals surface area contributed by atoms with Gasteiger partial charge in [0.25, 0.3) is 19.3 Å². The summed E-state index contributed by atoms with van der Waals surface area (Å²) in [4.78, 5) is 47.7. The first-order valence-electron chi connectivity index (χ1n) is 11.2. The van der Waals surface area contributed by atoms with E-state index in [9.17, 15) is 37.6 Å². The second-order valence-corrected chi connectivity index (χ2v) is 9.89. The lowest BCUT2D eigenvalue weighted by Crippen LogP contribution is -2.46. The molecule has 1 aromatic carbocycles. The molecule has 21 heteroatoms. The largest absolute Gasteiger partial charge is 0.756 e. The number of nitrogens with two attached hydrogens (primary N) is 1. The number of alkyl halides is 3. The van der Waals surface area contributed by atoms with Gasteiger partial charge in [0.1, 0.15) is 37.2 Å². The molecule has 16 nitrogen and oxygen atoms in total. The van der Waals surface area contributed by atoms with Crippen LogP contribution in [0.3, 0.4) is 0 Å². The van der Waals surface area contributed by atoms with Crippen LogP contribution in [0, 0.1) is 0 Å². The summed E-state index contributed by atoms with van der Waals surface area (Å²) >= 11 is 5.86. The number of imidazole rings is 1. The highest BCUT2D eigenvalue weighted by atomic mass is 35.5. The molecule has 0 amide bonds. The molecule has 41 heavy (non-hydrogen) atoms. The molecule has 226 valence electrons. The molecule has 0 radical (unpaired) electrons. The van der Waals surface area contributed by atoms with Gasteiger partial charge in [-0.3, -0.25) is 18.9 Å². The van der Waals surface area contributed by atoms with Crippen LogP contribution in [0.4, 0.5) is 19.1 Å². The van der Waals surface area contributed by atoms with E-state index >= 15 is 0 Å². The Morgan fingerprint density at radius 1 is 1.29 bits per heavy atom. The van der Waals surface area contributed by atoms with Crippen LogP contribution in [0.2, 0.25) is 5.02 Å². The average Bonchev–Trinajstić information content (AvgIpc) is 3.35. The molecule has 7 N–H and O–H groups in total. The Kier molecular flexibility index (Phi) is 9.98. The lowest BCUT2D eigenvalue weighted by molar-refractivity contribution is -0.746. The van der Waals surface area contributed by atoms with Crippen molar-refractivity contribution in [3.05, 3.63) is 46.0 Å². The minimum absolute atomic E-state index is 0.0437. The molecule has 0 aliphatic carbocycles. The molecule has 3 aromatic rings. The van der Waals surface area contributed by atoms with Gasteiger partial charge in [0.15, 0.2) is 6.33 Å². The number of aromatic amines is 1. The van der Waals surface area contributed by atoms with E-state index in [1.54, 1.807) is 24.3 Å². The fraction of sp³-hybridized carbons (Fsp3) is 0.400. The molecule has 1 aliphatic rings. The molecule has 2 aromatic heterocycles. The number of anilines is 1. The fourth-order valence-electron chi connectivity index (χ4n) is 3.59. The van der Waals surface area contributed by atoms with E-state index in [1.165, 1.54) is 15.5 Å². The van der Waals surface area contributed by atoms with Crippen LogP contribution in [0.25, 0.3) is 11.2 Å². The van der Waals surface area contributed by atoms with E-state index in [-0.39, 0.29) is 30.3 Å². The van der Waals surface area contributed by atoms with Gasteiger partial charge in [0.05, 0.1) is 6.61 Å². The molecule has 0 bridgehead atoms. The highest BCUT2D eigenvalue weighted by Crippen LogP contribution is 2.34. The van der Waals surface area contributed by atoms with Gasteiger partial charge in [-0.15, -0.1) is 0 Å². The van der Waals surface area contributed by atoms with Crippen molar-refractivity contribution in [1.82, 2.24) is 14.5 Å². The van der Waals surface area contributed by atoms with Gasteiger partial charge in [-0.2, -0.15) is 13.2 Å². The second kappa shape index (κ2) is 12.7. The number of rotatable bonds is 8. The van der Waals surface area contributed by atoms with Gasteiger partial charge >= 0.3 is 17.8 Å². The monoisotopic (exact) mass is 631 g/mol. The molecule has 1 aliphatic heterocycles. The zero-order valence-electron chi connectivity index (χ0n) is 20.3. The van der Waals surface area contributed by atoms with Crippen LogP contribution < -0.4 is 25.5 Å². The van der Waals surface area contributed by atoms with E-state index in [2.05, 4.69) is 14.5 Å². The number of phosphoric ester groups is 1. The third-order valence-electron chi connectivity index (χ3n) is 5.36. The number of ether oxygens (including phenoxy) is 2. The first kappa shape index (κ1) is 32.2. The summed E-state index contributed by atoms with van der Waals surface area (Å²) in [5.74, 6) is -2.39. The van der Waals surface area contributed by atoms with Crippen molar-refractivity contribution in [2.75, 3.05) is 18.9 Å². The summed E-state index contributed by atoms with van der Waals surface area (Å²) in [5, 5.41) is 28.5. The van der Waals surface area contributed by atoms with Crippen LogP contribution in [0.1, 0.15) is 6.23 Å². The average molecular weight is 632 g/mol. The maximum absolute atomic E-state index is 12.6. The van der Waals surface area contributed by atoms with Crippen LogP contribution in [-0.2, 0) is 25.2 Å². The highest BCUT2D eigenvalue weighted by Gasteiger charge is 2.47. The predicted molar refractivity (Wildman–Crippen MR) is 127 cm³/mol. The number of aromatic nitrogens is 4. The van der Waals surface area contributed by atoms with Gasteiger partial charge in [-0.1, -0.05) is 16.6 Å². The number of carbonyl (C=O) groups is 1. The fourth-order valence-corrected chi connectivity index (χ4v) is 4.05. The van der Waals surface area contributed by atoms with Crippen molar-refractivity contribution in [3.8, 4) is 5.75 Å². The number of nitrogen functional groups attached to an aromatic ring is 1. The number of benzene rings is 1. The molecule has 1 saturated heterocycles. The number of halogens is 4. The van der Waals surface area contributed by atoms with Crippen molar-refractivity contribution in [2.45, 2.75) is 37.3 Å². The first-order valence-corrected chi connectivity index (χ1v) is 13.0. The maximum Gasteiger partial charge on any atom is 0.490 e. The Bertz CT molecular complexity index is 1480. The molecule has 0 spiro atoms. The van der Waals surface area contributed by atoms with Crippen LogP contribution in [-0.4, -0.2) is 78.4 Å². The molecular formula is C20H22ClF3N5O11P. The van der Waals surface area contributed by atoms with Gasteiger partial charge < -0.3 is 44.8 Å². The van der Waals surface area contributed by atoms with Gasteiger partial charge in [-0.05, 0) is 24.3 Å². The molecule has 1 unspecified atom stereocenters. The highest BCUT2D eigenvalue weighted by molar-refractivity contribution is 7.44. The number of aliphatic hydroxyl groups excluding tert-OH is 2. The van der Waals surface area contributed by atoms with Crippen LogP contribution >= 0.6 is 19.4 Å². The van der Waals surface area contributed by atoms with Crippen molar-refractivity contribution < 1.29 is 66.2 Å². The Labute approximate surface area is 231 Å². The van der Waals surface area contributed by atoms with E-state index in [1.807, 2.05) is 0 Å². The number of carboxylic acids is 1. The number of phosphoric acid groups is 1. The topological polar surface area (TPSA) is 246 Å². The second-order valence-electron chi connectivity index (χ2n) is 8.26. The maximum atomic E-state index is 12.6. The van der Waals surface area contributed by atoms with E-state index in [0.29, 0.717) is 10.8 Å². The minimum Gasteiger partial charge on any atom is -0.756 e. The number of nitrogens with one attached hydrogen (secondary N) is 1. The molecule has 1 fully saturated rings. The summed E-state index contributed by atoms with van der Waals surface area (Å²) in [6.07, 6.45) is -9.34. The normalized spacial score (nSPS) is 22.1. The van der Waals surface area contributed by atoms with E-state index < -0.39 is 56.7 Å². The molecular weight excluding hydrogens is 610 g/mol. The number of H-pyrrole nitrogens is 1. The molecule has 4 rings (SSSR count). The number of nitrogens with zero attached hydrogens (tertiary/aromatic N) is 3. The summed E-state index contributed by atoms with van der Waals surface area (Å²) in [5.41, 5.74) is 5.26. The zero-order chi connectivity index (χ0) is 30.7. The summed E-state index contributed by atoms with van der Waals surface area (Å²) in [6, 6.07) is 6.70. The van der Waals surface area contributed by atoms with Crippen molar-refractivity contribution in [3.63, 3.8) is 0 Å². The summed E-state index contributed by atoms with van der Waals surface area (Å²) < 4.78 is 60.9. The Morgan fingerprint density at radius 2 is 1.90 bits per heavy atom. The standard InChI is InChI=1S/C18H21ClN5O9P.C2HF3O2/c19-9-1-3-10(4-2-9)31-6-5-23-8-24(15-12(23)16(27)22-18(20)21-15)17-14(26)13(25)11(33-17)7-32-34(28,29)30;3-2(4,5)1(6)7/h1-4,8,11,13-14,17,25-26H,5-7H2,(H4-,20,21,22,27,28,29,30);(H,6,7)/t11-,13-,14-,17-;/m1./s1. The quantitative estimate of drug-likeness (QED) is 0.130. The van der Waals surface area contributed by atoms with Gasteiger partial charge in [0.2, 0.25) is 11.7 Å².